The van der Waals surface area contributed by atoms with Crippen molar-refractivity contribution in [2.75, 3.05) is 26.2 Å². The van der Waals surface area contributed by atoms with E-state index < -0.39 is 0 Å². The molecular weight excluding hydrogens is 432 g/mol. The van der Waals surface area contributed by atoms with E-state index in [1.807, 2.05) is 24.3 Å². The van der Waals surface area contributed by atoms with Gasteiger partial charge in [0.1, 0.15) is 6.29 Å². The van der Waals surface area contributed by atoms with E-state index in [0.717, 1.165) is 31.7 Å². The van der Waals surface area contributed by atoms with E-state index in [1.165, 1.54) is 11.1 Å². The molecule has 2 atom stereocenters. The van der Waals surface area contributed by atoms with Gasteiger partial charge in [0, 0.05) is 43.7 Å². The van der Waals surface area contributed by atoms with E-state index in [1.54, 1.807) is 0 Å². The van der Waals surface area contributed by atoms with Gasteiger partial charge in [-0.3, -0.25) is 19.9 Å². The molecular formula is C27H29ClN4O. The molecule has 2 fully saturated rings. The molecule has 2 heterocycles. The van der Waals surface area contributed by atoms with Crippen molar-refractivity contribution in [1.29, 1.82) is 0 Å². The lowest BCUT2D eigenvalue weighted by Gasteiger charge is -2.45. The second-order valence-corrected chi connectivity index (χ2v) is 9.12. The van der Waals surface area contributed by atoms with Gasteiger partial charge in [-0.15, -0.1) is 0 Å². The lowest BCUT2D eigenvalue weighted by molar-refractivity contribution is -0.127. The highest BCUT2D eigenvalue weighted by Gasteiger charge is 2.34. The minimum atomic E-state index is -0.193. The smallest absolute Gasteiger partial charge is 0.224 e. The quantitative estimate of drug-likeness (QED) is 0.599. The van der Waals surface area contributed by atoms with Gasteiger partial charge in [-0.1, -0.05) is 90.5 Å². The fourth-order valence-electron chi connectivity index (χ4n) is 4.98. The van der Waals surface area contributed by atoms with Crippen LogP contribution in [0.2, 0.25) is 5.02 Å². The first-order chi connectivity index (χ1) is 16.2. The van der Waals surface area contributed by atoms with Crippen molar-refractivity contribution in [2.45, 2.75) is 24.8 Å². The van der Waals surface area contributed by atoms with Crippen molar-refractivity contribution in [3.63, 3.8) is 0 Å². The van der Waals surface area contributed by atoms with E-state index in [4.69, 9.17) is 11.6 Å². The van der Waals surface area contributed by atoms with Crippen LogP contribution in [0.5, 0.6) is 0 Å². The maximum atomic E-state index is 12.5. The standard InChI is InChI=1S/C27H29ClN4O/c28-23-14-8-7-13-22(23)24-19-25(33)30-27(29-24)32-17-15-31(16-18-32)26(20-9-3-1-4-10-20)21-11-5-2-6-12-21/h1-14,24,26-27,29H,15-19H2,(H,30,33). The van der Waals surface area contributed by atoms with Crippen LogP contribution in [0, 0.1) is 0 Å². The van der Waals surface area contributed by atoms with E-state index in [-0.39, 0.29) is 24.3 Å². The van der Waals surface area contributed by atoms with Crippen LogP contribution in [0.15, 0.2) is 84.9 Å². The second-order valence-electron chi connectivity index (χ2n) is 8.71. The van der Waals surface area contributed by atoms with Crippen LogP contribution < -0.4 is 10.6 Å². The molecule has 0 radical (unpaired) electrons. The van der Waals surface area contributed by atoms with Gasteiger partial charge in [0.2, 0.25) is 5.91 Å². The Bertz CT molecular complexity index is 1030. The van der Waals surface area contributed by atoms with Gasteiger partial charge in [0.05, 0.1) is 6.04 Å². The third-order valence-electron chi connectivity index (χ3n) is 6.64. The van der Waals surface area contributed by atoms with Gasteiger partial charge in [-0.25, -0.2) is 0 Å². The summed E-state index contributed by atoms with van der Waals surface area (Å²) in [6.45, 7) is 3.56. The average Bonchev–Trinajstić information content (AvgIpc) is 2.86. The SMILES string of the molecule is O=C1CC(c2ccccc2Cl)NC(N2CCN(C(c3ccccc3)c3ccccc3)CC2)N1. The van der Waals surface area contributed by atoms with Crippen molar-refractivity contribution < 1.29 is 4.79 Å². The molecule has 2 unspecified atom stereocenters. The minimum Gasteiger partial charge on any atom is -0.328 e. The minimum absolute atomic E-state index is 0.0533. The molecule has 5 rings (SSSR count). The number of amides is 1. The second kappa shape index (κ2) is 10.1. The number of piperazine rings is 1. The molecule has 3 aromatic carbocycles. The predicted molar refractivity (Wildman–Crippen MR) is 132 cm³/mol. The Balaban J connectivity index is 1.30. The maximum absolute atomic E-state index is 12.5. The Hall–Kier alpha value is -2.70. The third kappa shape index (κ3) is 4.97. The fraction of sp³-hybridized carbons (Fsp3) is 0.296. The first-order valence-electron chi connectivity index (χ1n) is 11.6. The number of nitrogens with zero attached hydrogens (tertiary/aromatic N) is 2. The van der Waals surface area contributed by atoms with E-state index in [9.17, 15) is 4.79 Å². The van der Waals surface area contributed by atoms with Crippen molar-refractivity contribution in [1.82, 2.24) is 20.4 Å². The van der Waals surface area contributed by atoms with Crippen molar-refractivity contribution >= 4 is 17.5 Å². The zero-order chi connectivity index (χ0) is 22.6. The zero-order valence-corrected chi connectivity index (χ0v) is 19.3. The maximum Gasteiger partial charge on any atom is 0.224 e. The average molecular weight is 461 g/mol. The first-order valence-corrected chi connectivity index (χ1v) is 11.9. The van der Waals surface area contributed by atoms with Crippen LogP contribution in [0.3, 0.4) is 0 Å². The summed E-state index contributed by atoms with van der Waals surface area (Å²) in [6.07, 6.45) is 0.200. The van der Waals surface area contributed by atoms with Crippen LogP contribution in [-0.4, -0.2) is 48.2 Å². The number of halogens is 1. The molecule has 33 heavy (non-hydrogen) atoms. The summed E-state index contributed by atoms with van der Waals surface area (Å²) in [7, 11) is 0. The Morgan fingerprint density at radius 1 is 0.788 bits per heavy atom. The molecule has 2 aliphatic heterocycles. The van der Waals surface area contributed by atoms with Gasteiger partial charge in [0.15, 0.2) is 0 Å². The molecule has 0 bridgehead atoms. The summed E-state index contributed by atoms with van der Waals surface area (Å²) in [5, 5.41) is 7.43. The van der Waals surface area contributed by atoms with Gasteiger partial charge < -0.3 is 5.32 Å². The van der Waals surface area contributed by atoms with E-state index >= 15 is 0 Å². The highest BCUT2D eigenvalue weighted by atomic mass is 35.5. The Labute approximate surface area is 200 Å². The molecule has 0 aromatic heterocycles. The lowest BCUT2D eigenvalue weighted by atomic mass is 9.96. The zero-order valence-electron chi connectivity index (χ0n) is 18.5. The van der Waals surface area contributed by atoms with E-state index in [0.29, 0.717) is 11.4 Å². The monoisotopic (exact) mass is 460 g/mol. The molecule has 2 saturated heterocycles. The molecule has 2 N–H and O–H groups in total. The normalized spacial score (nSPS) is 22.3. The summed E-state index contributed by atoms with van der Waals surface area (Å²) >= 11 is 6.42. The largest absolute Gasteiger partial charge is 0.328 e. The summed E-state index contributed by atoms with van der Waals surface area (Å²) < 4.78 is 0. The van der Waals surface area contributed by atoms with Gasteiger partial charge in [0.25, 0.3) is 0 Å². The van der Waals surface area contributed by atoms with Crippen molar-refractivity contribution in [3.8, 4) is 0 Å². The first kappa shape index (κ1) is 22.1. The van der Waals surface area contributed by atoms with Crippen LogP contribution in [0.1, 0.15) is 35.2 Å². The van der Waals surface area contributed by atoms with Crippen LogP contribution in [-0.2, 0) is 4.79 Å². The number of carbonyl (C=O) groups excluding carboxylic acids is 1. The molecule has 1 amide bonds. The lowest BCUT2D eigenvalue weighted by Crippen LogP contribution is -2.64. The molecule has 170 valence electrons. The topological polar surface area (TPSA) is 47.6 Å². The number of hydrogen-bond acceptors (Lipinski definition) is 4. The molecule has 0 saturated carbocycles. The van der Waals surface area contributed by atoms with E-state index in [2.05, 4.69) is 81.1 Å². The van der Waals surface area contributed by atoms with Crippen LogP contribution in [0.25, 0.3) is 0 Å². The van der Waals surface area contributed by atoms with Crippen LogP contribution in [0.4, 0.5) is 0 Å². The van der Waals surface area contributed by atoms with Crippen molar-refractivity contribution in [3.05, 3.63) is 107 Å². The molecule has 5 nitrogen and oxygen atoms in total. The fourth-order valence-corrected chi connectivity index (χ4v) is 5.25. The van der Waals surface area contributed by atoms with Gasteiger partial charge in [-0.2, -0.15) is 0 Å². The molecule has 2 aliphatic rings. The Kier molecular flexibility index (Phi) is 6.74. The van der Waals surface area contributed by atoms with Crippen molar-refractivity contribution in [2.24, 2.45) is 0 Å². The summed E-state index contributed by atoms with van der Waals surface area (Å²) in [6, 6.07) is 29.3. The number of nitrogens with one attached hydrogen (secondary N) is 2. The summed E-state index contributed by atoms with van der Waals surface area (Å²) in [5.74, 6) is 0.0533. The number of rotatable bonds is 5. The molecule has 0 aliphatic carbocycles. The molecule has 3 aromatic rings. The molecule has 6 heteroatoms. The Morgan fingerprint density at radius 2 is 1.36 bits per heavy atom. The van der Waals surface area contributed by atoms with Crippen LogP contribution >= 0.6 is 11.6 Å². The van der Waals surface area contributed by atoms with Gasteiger partial charge in [-0.05, 0) is 22.8 Å². The highest BCUT2D eigenvalue weighted by Crippen LogP contribution is 2.31. The molecule has 0 spiro atoms. The summed E-state index contributed by atoms with van der Waals surface area (Å²) in [5.41, 5.74) is 3.59. The predicted octanol–water partition coefficient (Wildman–Crippen LogP) is 4.18. The third-order valence-corrected chi connectivity index (χ3v) is 6.98. The Morgan fingerprint density at radius 3 is 1.97 bits per heavy atom. The number of benzene rings is 3. The number of carbonyl (C=O) groups is 1. The number of hydrogen-bond donors (Lipinski definition) is 2. The highest BCUT2D eigenvalue weighted by molar-refractivity contribution is 6.31. The summed E-state index contributed by atoms with van der Waals surface area (Å²) in [4.78, 5) is 17.4. The van der Waals surface area contributed by atoms with Gasteiger partial charge >= 0.3 is 0 Å².